The van der Waals surface area contributed by atoms with Crippen LogP contribution in [0.25, 0.3) is 0 Å². The quantitative estimate of drug-likeness (QED) is 0.654. The molecule has 0 aliphatic carbocycles. The van der Waals surface area contributed by atoms with Crippen molar-refractivity contribution in [3.63, 3.8) is 0 Å². The topological polar surface area (TPSA) is 84.7 Å². The van der Waals surface area contributed by atoms with Gasteiger partial charge in [0.15, 0.2) is 0 Å². The Hall–Kier alpha value is -1.14. The summed E-state index contributed by atoms with van der Waals surface area (Å²) in [6.45, 7) is 1.06. The summed E-state index contributed by atoms with van der Waals surface area (Å²) in [4.78, 5) is 25.2. The van der Waals surface area contributed by atoms with E-state index in [1.807, 2.05) is 0 Å². The van der Waals surface area contributed by atoms with Crippen molar-refractivity contribution in [1.82, 2.24) is 10.2 Å². The van der Waals surface area contributed by atoms with Crippen LogP contribution in [0.15, 0.2) is 0 Å². The first-order valence-corrected chi connectivity index (χ1v) is 5.88. The molecule has 0 bridgehead atoms. The summed E-state index contributed by atoms with van der Waals surface area (Å²) < 4.78 is 4.89. The monoisotopic (exact) mass is 243 g/mol. The van der Waals surface area contributed by atoms with Gasteiger partial charge in [0.1, 0.15) is 6.04 Å². The molecule has 0 aromatic heterocycles. The molecule has 2 unspecified atom stereocenters. The van der Waals surface area contributed by atoms with Gasteiger partial charge in [0.25, 0.3) is 0 Å². The number of likely N-dealkylation sites (N-methyl/N-ethyl adjacent to an activating group) is 1. The van der Waals surface area contributed by atoms with Crippen LogP contribution in [0, 0.1) is 0 Å². The van der Waals surface area contributed by atoms with E-state index in [1.54, 1.807) is 19.1 Å². The van der Waals surface area contributed by atoms with Crippen LogP contribution in [-0.2, 0) is 14.3 Å². The van der Waals surface area contributed by atoms with E-state index in [4.69, 9.17) is 10.5 Å². The molecule has 0 aromatic carbocycles. The van der Waals surface area contributed by atoms with E-state index in [2.05, 4.69) is 5.32 Å². The summed E-state index contributed by atoms with van der Waals surface area (Å²) in [5.74, 6) is -0.275. The molecule has 0 radical (unpaired) electrons. The molecule has 17 heavy (non-hydrogen) atoms. The van der Waals surface area contributed by atoms with Crippen molar-refractivity contribution in [2.24, 2.45) is 5.73 Å². The Kier molecular flexibility index (Phi) is 5.37. The van der Waals surface area contributed by atoms with E-state index in [0.29, 0.717) is 26.0 Å². The lowest BCUT2D eigenvalue weighted by Crippen LogP contribution is -2.50. The van der Waals surface area contributed by atoms with E-state index >= 15 is 0 Å². The van der Waals surface area contributed by atoms with Crippen molar-refractivity contribution in [3.05, 3.63) is 0 Å². The number of likely N-dealkylation sites (tertiary alicyclic amines) is 1. The number of rotatable bonds is 5. The number of methoxy groups -OCH3 is 1. The van der Waals surface area contributed by atoms with Gasteiger partial charge in [0, 0.05) is 27.3 Å². The lowest BCUT2D eigenvalue weighted by atomic mass is 10.1. The molecule has 1 fully saturated rings. The molecule has 0 spiro atoms. The summed E-state index contributed by atoms with van der Waals surface area (Å²) in [6.07, 6.45) is 2.04. The lowest BCUT2D eigenvalue weighted by molar-refractivity contribution is -0.139. The van der Waals surface area contributed by atoms with E-state index in [-0.39, 0.29) is 17.9 Å². The second kappa shape index (κ2) is 6.56. The molecule has 98 valence electrons. The fraction of sp³-hybridized carbons (Fsp3) is 0.818. The highest BCUT2D eigenvalue weighted by atomic mass is 16.5. The molecule has 0 saturated carbocycles. The normalized spacial score (nSPS) is 21.4. The third-order valence-corrected chi connectivity index (χ3v) is 3.04. The van der Waals surface area contributed by atoms with E-state index in [0.717, 1.165) is 6.42 Å². The van der Waals surface area contributed by atoms with Gasteiger partial charge in [0.05, 0.1) is 6.04 Å². The Balaban J connectivity index is 2.58. The Morgan fingerprint density at radius 2 is 2.29 bits per heavy atom. The van der Waals surface area contributed by atoms with Crippen LogP contribution in [-0.4, -0.2) is 56.1 Å². The summed E-state index contributed by atoms with van der Waals surface area (Å²) in [5.41, 5.74) is 5.78. The Morgan fingerprint density at radius 1 is 1.59 bits per heavy atom. The standard InChI is InChI=1S/C11H21N3O3/c1-13-10(15)9-4-3-6-14(9)11(16)8(12)5-7-17-2/h8-9H,3-7,12H2,1-2H3,(H,13,15). The zero-order chi connectivity index (χ0) is 12.8. The summed E-state index contributed by atoms with van der Waals surface area (Å²) in [6, 6.07) is -0.943. The molecule has 2 atom stereocenters. The Labute approximate surface area is 101 Å². The minimum Gasteiger partial charge on any atom is -0.385 e. The van der Waals surface area contributed by atoms with Gasteiger partial charge in [-0.15, -0.1) is 0 Å². The smallest absolute Gasteiger partial charge is 0.242 e. The minimum absolute atomic E-state index is 0.116. The molecule has 1 aliphatic rings. The van der Waals surface area contributed by atoms with Crippen LogP contribution in [0.5, 0.6) is 0 Å². The van der Waals surface area contributed by atoms with Crippen molar-refractivity contribution in [3.8, 4) is 0 Å². The highest BCUT2D eigenvalue weighted by molar-refractivity contribution is 5.90. The van der Waals surface area contributed by atoms with Crippen molar-refractivity contribution in [1.29, 1.82) is 0 Å². The fourth-order valence-corrected chi connectivity index (χ4v) is 2.05. The van der Waals surface area contributed by atoms with E-state index in [1.165, 1.54) is 0 Å². The maximum atomic E-state index is 12.0. The van der Waals surface area contributed by atoms with Crippen LogP contribution in [0.4, 0.5) is 0 Å². The molecule has 1 aliphatic heterocycles. The average molecular weight is 243 g/mol. The molecule has 1 heterocycles. The van der Waals surface area contributed by atoms with Crippen molar-refractivity contribution < 1.29 is 14.3 Å². The maximum absolute atomic E-state index is 12.0. The Bertz CT molecular complexity index is 283. The average Bonchev–Trinajstić information content (AvgIpc) is 2.82. The number of nitrogens with one attached hydrogen (secondary N) is 1. The van der Waals surface area contributed by atoms with Crippen LogP contribution >= 0.6 is 0 Å². The van der Waals surface area contributed by atoms with Gasteiger partial charge >= 0.3 is 0 Å². The first kappa shape index (κ1) is 13.9. The second-order valence-electron chi connectivity index (χ2n) is 4.19. The van der Waals surface area contributed by atoms with Gasteiger partial charge in [-0.05, 0) is 19.3 Å². The third kappa shape index (κ3) is 3.41. The van der Waals surface area contributed by atoms with Crippen LogP contribution in [0.2, 0.25) is 0 Å². The summed E-state index contributed by atoms with van der Waals surface area (Å²) in [7, 11) is 3.15. The van der Waals surface area contributed by atoms with E-state index < -0.39 is 6.04 Å². The van der Waals surface area contributed by atoms with Gasteiger partial charge in [-0.2, -0.15) is 0 Å². The number of nitrogens with two attached hydrogens (primary N) is 1. The molecule has 6 heteroatoms. The Morgan fingerprint density at radius 3 is 2.88 bits per heavy atom. The van der Waals surface area contributed by atoms with Crippen molar-refractivity contribution in [2.45, 2.75) is 31.3 Å². The maximum Gasteiger partial charge on any atom is 0.242 e. The van der Waals surface area contributed by atoms with Crippen molar-refractivity contribution in [2.75, 3.05) is 27.3 Å². The predicted molar refractivity (Wildman–Crippen MR) is 63.3 cm³/mol. The molecule has 6 nitrogen and oxygen atoms in total. The number of carbonyl (C=O) groups excluding carboxylic acids is 2. The number of ether oxygens (including phenoxy) is 1. The summed E-state index contributed by atoms with van der Waals surface area (Å²) in [5, 5.41) is 2.58. The molecule has 1 rings (SSSR count). The van der Waals surface area contributed by atoms with E-state index in [9.17, 15) is 9.59 Å². The zero-order valence-electron chi connectivity index (χ0n) is 10.4. The van der Waals surface area contributed by atoms with Crippen molar-refractivity contribution >= 4 is 11.8 Å². The lowest BCUT2D eigenvalue weighted by Gasteiger charge is -2.26. The fourth-order valence-electron chi connectivity index (χ4n) is 2.05. The number of hydrogen-bond acceptors (Lipinski definition) is 4. The minimum atomic E-state index is -0.583. The summed E-state index contributed by atoms with van der Waals surface area (Å²) >= 11 is 0. The van der Waals surface area contributed by atoms with Crippen LogP contribution in [0.1, 0.15) is 19.3 Å². The first-order valence-electron chi connectivity index (χ1n) is 5.88. The molecule has 3 N–H and O–H groups in total. The van der Waals surface area contributed by atoms with Gasteiger partial charge < -0.3 is 20.7 Å². The second-order valence-corrected chi connectivity index (χ2v) is 4.19. The number of amides is 2. The van der Waals surface area contributed by atoms with Gasteiger partial charge in [0.2, 0.25) is 11.8 Å². The predicted octanol–water partition coefficient (Wildman–Crippen LogP) is -0.913. The zero-order valence-corrected chi connectivity index (χ0v) is 10.4. The SMILES string of the molecule is CNC(=O)C1CCCN1C(=O)C(N)CCOC. The first-order chi connectivity index (χ1) is 8.11. The molecule has 0 aromatic rings. The van der Waals surface area contributed by atoms with Crippen LogP contribution < -0.4 is 11.1 Å². The van der Waals surface area contributed by atoms with Gasteiger partial charge in [-0.3, -0.25) is 9.59 Å². The molecule has 2 amide bonds. The molecule has 1 saturated heterocycles. The molecular formula is C11H21N3O3. The largest absolute Gasteiger partial charge is 0.385 e. The third-order valence-electron chi connectivity index (χ3n) is 3.04. The number of carbonyl (C=O) groups is 2. The van der Waals surface area contributed by atoms with Gasteiger partial charge in [-0.1, -0.05) is 0 Å². The number of hydrogen-bond donors (Lipinski definition) is 2. The highest BCUT2D eigenvalue weighted by Crippen LogP contribution is 2.18. The highest BCUT2D eigenvalue weighted by Gasteiger charge is 2.35. The van der Waals surface area contributed by atoms with Gasteiger partial charge in [-0.25, -0.2) is 0 Å². The molecular weight excluding hydrogens is 222 g/mol. The van der Waals surface area contributed by atoms with Crippen LogP contribution in [0.3, 0.4) is 0 Å². The number of nitrogens with zero attached hydrogens (tertiary/aromatic N) is 1.